The molecule has 134 valence electrons. The van der Waals surface area contributed by atoms with Crippen LogP contribution in [0.4, 0.5) is 5.82 Å². The van der Waals surface area contributed by atoms with Crippen molar-refractivity contribution in [3.63, 3.8) is 0 Å². The number of rotatable bonds is 3. The van der Waals surface area contributed by atoms with E-state index in [-0.39, 0.29) is 11.8 Å². The monoisotopic (exact) mass is 350 g/mol. The highest BCUT2D eigenvalue weighted by Gasteiger charge is 2.39. The molecule has 2 aliphatic rings. The van der Waals surface area contributed by atoms with Crippen LogP contribution in [0, 0.1) is 11.3 Å². The van der Waals surface area contributed by atoms with Gasteiger partial charge in [-0.3, -0.25) is 0 Å². The van der Waals surface area contributed by atoms with Gasteiger partial charge in [-0.2, -0.15) is 5.26 Å². The van der Waals surface area contributed by atoms with Crippen LogP contribution < -0.4 is 5.32 Å². The first kappa shape index (κ1) is 16.8. The van der Waals surface area contributed by atoms with Gasteiger partial charge in [-0.1, -0.05) is 0 Å². The van der Waals surface area contributed by atoms with E-state index >= 15 is 0 Å². The van der Waals surface area contributed by atoms with Crippen molar-refractivity contribution >= 4 is 5.82 Å². The average Bonchev–Trinajstić information content (AvgIpc) is 2.61. The molecule has 1 saturated carbocycles. The number of phenols is 1. The molecule has 0 radical (unpaired) electrons. The van der Waals surface area contributed by atoms with Crippen molar-refractivity contribution < 1.29 is 10.2 Å². The van der Waals surface area contributed by atoms with E-state index in [9.17, 15) is 10.2 Å². The highest BCUT2D eigenvalue weighted by molar-refractivity contribution is 5.73. The number of anilines is 1. The van der Waals surface area contributed by atoms with Gasteiger partial charge < -0.3 is 15.5 Å². The zero-order valence-electron chi connectivity index (χ0n) is 14.8. The first-order valence-corrected chi connectivity index (χ1v) is 9.08. The molecule has 0 unspecified atom stereocenters. The lowest BCUT2D eigenvalue weighted by molar-refractivity contribution is -0.0235. The molecule has 1 aromatic heterocycles. The first-order chi connectivity index (χ1) is 12.5. The lowest BCUT2D eigenvalue weighted by atomic mass is 9.77. The molecule has 0 bridgehead atoms. The molecule has 1 heterocycles. The lowest BCUT2D eigenvalue weighted by Gasteiger charge is -2.41. The van der Waals surface area contributed by atoms with Gasteiger partial charge in [0, 0.05) is 17.2 Å². The number of nitrogens with one attached hydrogen (secondary N) is 1. The molecule has 0 amide bonds. The Hall–Kier alpha value is -2.65. The minimum atomic E-state index is -0.584. The second-order valence-corrected chi connectivity index (χ2v) is 7.65. The van der Waals surface area contributed by atoms with E-state index in [0.29, 0.717) is 29.7 Å². The highest BCUT2D eigenvalue weighted by Crippen LogP contribution is 2.39. The third-order valence-electron chi connectivity index (χ3n) is 5.38. The molecule has 2 aromatic rings. The Balaban J connectivity index is 1.70. The van der Waals surface area contributed by atoms with Crippen LogP contribution in [-0.2, 0) is 12.8 Å². The lowest BCUT2D eigenvalue weighted by Crippen LogP contribution is -2.48. The molecule has 1 aromatic carbocycles. The largest absolute Gasteiger partial charge is 0.507 e. The van der Waals surface area contributed by atoms with Crippen molar-refractivity contribution in [3.05, 3.63) is 34.9 Å². The van der Waals surface area contributed by atoms with Crippen LogP contribution in [-0.4, -0.2) is 32.1 Å². The molecule has 6 heteroatoms. The van der Waals surface area contributed by atoms with Crippen LogP contribution >= 0.6 is 0 Å². The van der Waals surface area contributed by atoms with Crippen molar-refractivity contribution in [2.45, 2.75) is 57.1 Å². The zero-order valence-corrected chi connectivity index (χ0v) is 14.8. The standard InChI is InChI=1S/C20H22N4O2/c1-20(26)9-13(10-20)22-19-15-5-3-2-4-14(15)18(23-24-19)16-7-6-12(11-21)8-17(16)25/h6-8,13,25-26H,2-5,9-10H2,1H3,(H,22,24). The van der Waals surface area contributed by atoms with E-state index in [0.717, 1.165) is 42.6 Å². The fraction of sp³-hybridized carbons (Fsp3) is 0.450. The zero-order chi connectivity index (χ0) is 18.3. The fourth-order valence-electron chi connectivity index (χ4n) is 4.08. The SMILES string of the molecule is CC1(O)CC(Nc2nnc(-c3ccc(C#N)cc3O)c3c2CCCC3)C1. The molecule has 6 nitrogen and oxygen atoms in total. The second-order valence-electron chi connectivity index (χ2n) is 7.65. The van der Waals surface area contributed by atoms with Crippen molar-refractivity contribution in [3.8, 4) is 23.1 Å². The number of nitrogens with zero attached hydrogens (tertiary/aromatic N) is 3. The maximum Gasteiger partial charge on any atom is 0.152 e. The summed E-state index contributed by atoms with van der Waals surface area (Å²) in [5.41, 5.74) is 3.44. The Morgan fingerprint density at radius 1 is 1.19 bits per heavy atom. The summed E-state index contributed by atoms with van der Waals surface area (Å²) in [7, 11) is 0. The van der Waals surface area contributed by atoms with Crippen LogP contribution in [0.5, 0.6) is 5.75 Å². The number of nitriles is 1. The van der Waals surface area contributed by atoms with Gasteiger partial charge in [0.25, 0.3) is 0 Å². The van der Waals surface area contributed by atoms with E-state index in [4.69, 9.17) is 5.26 Å². The van der Waals surface area contributed by atoms with Crippen molar-refractivity contribution in [1.82, 2.24) is 10.2 Å². The smallest absolute Gasteiger partial charge is 0.152 e. The Morgan fingerprint density at radius 3 is 2.58 bits per heavy atom. The Morgan fingerprint density at radius 2 is 1.92 bits per heavy atom. The van der Waals surface area contributed by atoms with Crippen molar-refractivity contribution in [2.75, 3.05) is 5.32 Å². The summed E-state index contributed by atoms with van der Waals surface area (Å²) in [5.74, 6) is 0.860. The molecule has 0 aliphatic heterocycles. The molecule has 26 heavy (non-hydrogen) atoms. The fourth-order valence-corrected chi connectivity index (χ4v) is 4.08. The van der Waals surface area contributed by atoms with Crippen molar-refractivity contribution in [1.29, 1.82) is 5.26 Å². The number of benzene rings is 1. The van der Waals surface area contributed by atoms with Gasteiger partial charge in [-0.25, -0.2) is 0 Å². The Labute approximate surface area is 152 Å². The maximum atomic E-state index is 10.3. The van der Waals surface area contributed by atoms with Crippen LogP contribution in [0.3, 0.4) is 0 Å². The maximum absolute atomic E-state index is 10.3. The molecular formula is C20H22N4O2. The molecule has 3 N–H and O–H groups in total. The van der Waals surface area contributed by atoms with Gasteiger partial charge in [-0.05, 0) is 69.2 Å². The summed E-state index contributed by atoms with van der Waals surface area (Å²) >= 11 is 0. The Kier molecular flexibility index (Phi) is 4.04. The second kappa shape index (κ2) is 6.26. The third kappa shape index (κ3) is 2.99. The Bertz CT molecular complexity index is 893. The van der Waals surface area contributed by atoms with Crippen LogP contribution in [0.1, 0.15) is 49.3 Å². The molecule has 0 atom stereocenters. The number of aromatic hydroxyl groups is 1. The topological polar surface area (TPSA) is 102 Å². The van der Waals surface area contributed by atoms with E-state index in [1.54, 1.807) is 12.1 Å². The quantitative estimate of drug-likeness (QED) is 0.787. The summed E-state index contributed by atoms with van der Waals surface area (Å²) in [4.78, 5) is 0. The van der Waals surface area contributed by atoms with Gasteiger partial charge in [-0.15, -0.1) is 10.2 Å². The van der Waals surface area contributed by atoms with Gasteiger partial charge in [0.2, 0.25) is 0 Å². The van der Waals surface area contributed by atoms with E-state index in [2.05, 4.69) is 15.5 Å². The number of phenolic OH excluding ortho intramolecular Hbond substituents is 1. The van der Waals surface area contributed by atoms with Crippen LogP contribution in [0.25, 0.3) is 11.3 Å². The predicted octanol–water partition coefficient (Wildman–Crippen LogP) is 2.92. The number of hydrogen-bond acceptors (Lipinski definition) is 6. The molecular weight excluding hydrogens is 328 g/mol. The molecule has 2 aliphatic carbocycles. The number of hydrogen-bond donors (Lipinski definition) is 3. The molecule has 0 saturated heterocycles. The minimum absolute atomic E-state index is 0.0573. The number of aromatic nitrogens is 2. The van der Waals surface area contributed by atoms with Crippen LogP contribution in [0.2, 0.25) is 0 Å². The normalized spacial score (nSPS) is 24.3. The summed E-state index contributed by atoms with van der Waals surface area (Å²) in [6.45, 7) is 1.85. The summed E-state index contributed by atoms with van der Waals surface area (Å²) in [6.07, 6.45) is 5.44. The summed E-state index contributed by atoms with van der Waals surface area (Å²) < 4.78 is 0. The minimum Gasteiger partial charge on any atom is -0.507 e. The average molecular weight is 350 g/mol. The van der Waals surface area contributed by atoms with E-state index in [1.807, 2.05) is 13.0 Å². The molecule has 4 rings (SSSR count). The van der Waals surface area contributed by atoms with Gasteiger partial charge in [0.05, 0.1) is 17.2 Å². The predicted molar refractivity (Wildman–Crippen MR) is 97.8 cm³/mol. The third-order valence-corrected chi connectivity index (χ3v) is 5.38. The van der Waals surface area contributed by atoms with E-state index < -0.39 is 5.60 Å². The van der Waals surface area contributed by atoms with Gasteiger partial charge in [0.15, 0.2) is 5.82 Å². The molecule has 0 spiro atoms. The van der Waals surface area contributed by atoms with Crippen molar-refractivity contribution in [2.24, 2.45) is 0 Å². The summed E-state index contributed by atoms with van der Waals surface area (Å²) in [6, 6.07) is 7.15. The molecule has 1 fully saturated rings. The van der Waals surface area contributed by atoms with E-state index in [1.165, 1.54) is 6.07 Å². The number of fused-ring (bicyclic) bond motifs is 1. The van der Waals surface area contributed by atoms with Crippen LogP contribution in [0.15, 0.2) is 18.2 Å². The number of aliphatic hydroxyl groups is 1. The van der Waals surface area contributed by atoms with Gasteiger partial charge >= 0.3 is 0 Å². The van der Waals surface area contributed by atoms with Gasteiger partial charge in [0.1, 0.15) is 11.4 Å². The summed E-state index contributed by atoms with van der Waals surface area (Å²) in [5, 5.41) is 41.5. The first-order valence-electron chi connectivity index (χ1n) is 9.08. The highest BCUT2D eigenvalue weighted by atomic mass is 16.3.